The Hall–Kier alpha value is -1.07. The van der Waals surface area contributed by atoms with Crippen molar-refractivity contribution >= 4 is 21.8 Å². The summed E-state index contributed by atoms with van der Waals surface area (Å²) < 4.78 is 6.13. The van der Waals surface area contributed by atoms with E-state index in [4.69, 9.17) is 4.74 Å². The SMILES string of the molecule is CC1CN(C(=O)c2ccc(Br)cc2O)CCO1. The molecule has 4 nitrogen and oxygen atoms in total. The van der Waals surface area contributed by atoms with Crippen molar-refractivity contribution in [1.82, 2.24) is 4.90 Å². The minimum Gasteiger partial charge on any atom is -0.507 e. The van der Waals surface area contributed by atoms with Crippen LogP contribution in [0.25, 0.3) is 0 Å². The number of phenolic OH excluding ortho intramolecular Hbond substituents is 1. The van der Waals surface area contributed by atoms with Gasteiger partial charge in [0, 0.05) is 17.6 Å². The second-order valence-electron chi connectivity index (χ2n) is 4.09. The van der Waals surface area contributed by atoms with Crippen LogP contribution >= 0.6 is 15.9 Å². The van der Waals surface area contributed by atoms with Crippen molar-refractivity contribution in [2.75, 3.05) is 19.7 Å². The summed E-state index contributed by atoms with van der Waals surface area (Å²) in [6.45, 7) is 3.61. The lowest BCUT2D eigenvalue weighted by Crippen LogP contribution is -2.44. The molecule has 0 aromatic heterocycles. The third-order valence-electron chi connectivity index (χ3n) is 2.72. The molecule has 1 atom stereocenters. The second kappa shape index (κ2) is 5.06. The van der Waals surface area contributed by atoms with Crippen LogP contribution < -0.4 is 0 Å². The quantitative estimate of drug-likeness (QED) is 0.863. The second-order valence-corrected chi connectivity index (χ2v) is 5.01. The number of phenols is 1. The molecule has 2 rings (SSSR count). The third kappa shape index (κ3) is 2.79. The molecule has 92 valence electrons. The smallest absolute Gasteiger partial charge is 0.257 e. The number of morpholine rings is 1. The van der Waals surface area contributed by atoms with Gasteiger partial charge in [0.15, 0.2) is 0 Å². The van der Waals surface area contributed by atoms with Crippen LogP contribution in [0.4, 0.5) is 0 Å². The molecule has 0 saturated carbocycles. The van der Waals surface area contributed by atoms with Crippen LogP contribution in [-0.4, -0.2) is 41.7 Å². The van der Waals surface area contributed by atoms with Crippen LogP contribution in [0.5, 0.6) is 5.75 Å². The molecule has 1 aromatic carbocycles. The van der Waals surface area contributed by atoms with E-state index in [-0.39, 0.29) is 17.8 Å². The number of hydrogen-bond acceptors (Lipinski definition) is 3. The van der Waals surface area contributed by atoms with E-state index in [1.54, 1.807) is 17.0 Å². The van der Waals surface area contributed by atoms with E-state index in [9.17, 15) is 9.90 Å². The van der Waals surface area contributed by atoms with Gasteiger partial charge in [-0.05, 0) is 25.1 Å². The summed E-state index contributed by atoms with van der Waals surface area (Å²) in [4.78, 5) is 13.9. The Labute approximate surface area is 108 Å². The van der Waals surface area contributed by atoms with Gasteiger partial charge in [0.1, 0.15) is 5.75 Å². The van der Waals surface area contributed by atoms with Crippen molar-refractivity contribution in [2.45, 2.75) is 13.0 Å². The number of carbonyl (C=O) groups excluding carboxylic acids is 1. The molecule has 1 fully saturated rings. The molecule has 5 heteroatoms. The molecule has 1 amide bonds. The van der Waals surface area contributed by atoms with E-state index in [1.165, 1.54) is 6.07 Å². The van der Waals surface area contributed by atoms with Gasteiger partial charge in [0.25, 0.3) is 5.91 Å². The predicted octanol–water partition coefficient (Wildman–Crippen LogP) is 2.02. The van der Waals surface area contributed by atoms with Crippen molar-refractivity contribution in [3.8, 4) is 5.75 Å². The monoisotopic (exact) mass is 299 g/mol. The van der Waals surface area contributed by atoms with Crippen molar-refractivity contribution in [1.29, 1.82) is 0 Å². The van der Waals surface area contributed by atoms with Crippen LogP contribution in [0.2, 0.25) is 0 Å². The van der Waals surface area contributed by atoms with Crippen molar-refractivity contribution in [3.63, 3.8) is 0 Å². The number of nitrogens with zero attached hydrogens (tertiary/aromatic N) is 1. The molecule has 0 aliphatic carbocycles. The van der Waals surface area contributed by atoms with Gasteiger partial charge in [0.2, 0.25) is 0 Å². The average Bonchev–Trinajstić information content (AvgIpc) is 2.28. The van der Waals surface area contributed by atoms with Gasteiger partial charge in [0.05, 0.1) is 18.3 Å². The van der Waals surface area contributed by atoms with E-state index >= 15 is 0 Å². The molecule has 0 spiro atoms. The Kier molecular flexibility index (Phi) is 3.69. The molecular weight excluding hydrogens is 286 g/mol. The fourth-order valence-corrected chi connectivity index (χ4v) is 2.21. The first kappa shape index (κ1) is 12.4. The summed E-state index contributed by atoms with van der Waals surface area (Å²) in [5.41, 5.74) is 0.335. The minimum atomic E-state index is -0.148. The largest absolute Gasteiger partial charge is 0.507 e. The molecule has 17 heavy (non-hydrogen) atoms. The van der Waals surface area contributed by atoms with Gasteiger partial charge in [-0.15, -0.1) is 0 Å². The number of aromatic hydroxyl groups is 1. The maximum absolute atomic E-state index is 12.2. The maximum atomic E-state index is 12.2. The number of carbonyl (C=O) groups is 1. The Morgan fingerprint density at radius 1 is 1.59 bits per heavy atom. The van der Waals surface area contributed by atoms with Crippen LogP contribution in [-0.2, 0) is 4.74 Å². The standard InChI is InChI=1S/C12H14BrNO3/c1-8-7-14(4-5-17-8)12(16)10-3-2-9(13)6-11(10)15/h2-3,6,8,15H,4-5,7H2,1H3. The summed E-state index contributed by atoms with van der Waals surface area (Å²) >= 11 is 3.25. The number of amides is 1. The zero-order chi connectivity index (χ0) is 12.4. The highest BCUT2D eigenvalue weighted by Gasteiger charge is 2.24. The molecule has 1 saturated heterocycles. The number of ether oxygens (including phenoxy) is 1. The zero-order valence-corrected chi connectivity index (χ0v) is 11.1. The molecule has 1 aliphatic heterocycles. The van der Waals surface area contributed by atoms with Gasteiger partial charge >= 0.3 is 0 Å². The fraction of sp³-hybridized carbons (Fsp3) is 0.417. The molecule has 1 N–H and O–H groups in total. The normalized spacial score (nSPS) is 20.4. The van der Waals surface area contributed by atoms with Crippen molar-refractivity contribution in [2.24, 2.45) is 0 Å². The van der Waals surface area contributed by atoms with Gasteiger partial charge in [-0.3, -0.25) is 4.79 Å². The maximum Gasteiger partial charge on any atom is 0.257 e. The lowest BCUT2D eigenvalue weighted by molar-refractivity contribution is -0.0125. The number of hydrogen-bond donors (Lipinski definition) is 1. The first-order valence-corrected chi connectivity index (χ1v) is 6.26. The summed E-state index contributed by atoms with van der Waals surface area (Å²) in [6.07, 6.45) is 0.0466. The Bertz CT molecular complexity index is 436. The Balaban J connectivity index is 2.18. The van der Waals surface area contributed by atoms with Crippen LogP contribution in [0, 0.1) is 0 Å². The number of halogens is 1. The van der Waals surface area contributed by atoms with Crippen molar-refractivity contribution in [3.05, 3.63) is 28.2 Å². The Morgan fingerprint density at radius 2 is 2.35 bits per heavy atom. The molecule has 0 radical (unpaired) electrons. The van der Waals surface area contributed by atoms with E-state index in [1.807, 2.05) is 6.92 Å². The molecule has 1 unspecified atom stereocenters. The summed E-state index contributed by atoms with van der Waals surface area (Å²) in [7, 11) is 0. The molecule has 1 heterocycles. The van der Waals surface area contributed by atoms with E-state index < -0.39 is 0 Å². The lowest BCUT2D eigenvalue weighted by Gasteiger charge is -2.31. The average molecular weight is 300 g/mol. The van der Waals surface area contributed by atoms with Crippen LogP contribution in [0.1, 0.15) is 17.3 Å². The van der Waals surface area contributed by atoms with E-state index in [0.717, 1.165) is 4.47 Å². The van der Waals surface area contributed by atoms with Gasteiger partial charge in [-0.2, -0.15) is 0 Å². The Morgan fingerprint density at radius 3 is 3.00 bits per heavy atom. The highest BCUT2D eigenvalue weighted by atomic mass is 79.9. The zero-order valence-electron chi connectivity index (χ0n) is 9.52. The van der Waals surface area contributed by atoms with Gasteiger partial charge in [-0.25, -0.2) is 0 Å². The van der Waals surface area contributed by atoms with Gasteiger partial charge < -0.3 is 14.7 Å². The molecule has 0 bridgehead atoms. The first-order valence-electron chi connectivity index (χ1n) is 5.47. The van der Waals surface area contributed by atoms with E-state index in [0.29, 0.717) is 25.3 Å². The topological polar surface area (TPSA) is 49.8 Å². The summed E-state index contributed by atoms with van der Waals surface area (Å²) in [5, 5.41) is 9.75. The fourth-order valence-electron chi connectivity index (χ4n) is 1.86. The predicted molar refractivity (Wildman–Crippen MR) is 67.1 cm³/mol. The van der Waals surface area contributed by atoms with E-state index in [2.05, 4.69) is 15.9 Å². The number of benzene rings is 1. The number of rotatable bonds is 1. The summed E-state index contributed by atoms with van der Waals surface area (Å²) in [5.74, 6) is -0.145. The van der Waals surface area contributed by atoms with Crippen LogP contribution in [0.3, 0.4) is 0 Å². The lowest BCUT2D eigenvalue weighted by atomic mass is 10.1. The highest BCUT2D eigenvalue weighted by molar-refractivity contribution is 9.10. The third-order valence-corrected chi connectivity index (χ3v) is 3.21. The highest BCUT2D eigenvalue weighted by Crippen LogP contribution is 2.24. The molecule has 1 aromatic rings. The van der Waals surface area contributed by atoms with Gasteiger partial charge in [-0.1, -0.05) is 15.9 Å². The minimum absolute atomic E-state index is 0.00326. The van der Waals surface area contributed by atoms with Crippen LogP contribution in [0.15, 0.2) is 22.7 Å². The molecular formula is C12H14BrNO3. The first-order chi connectivity index (χ1) is 8.08. The summed E-state index contributed by atoms with van der Waals surface area (Å²) in [6, 6.07) is 4.90. The van der Waals surface area contributed by atoms with Crippen molar-refractivity contribution < 1.29 is 14.6 Å². The molecule has 1 aliphatic rings.